The third-order valence-electron chi connectivity index (χ3n) is 2.57. The summed E-state index contributed by atoms with van der Waals surface area (Å²) >= 11 is 3.47. The van der Waals surface area contributed by atoms with Crippen LogP contribution < -0.4 is 15.5 Å². The molecule has 0 radical (unpaired) electrons. The lowest BCUT2D eigenvalue weighted by Gasteiger charge is -2.22. The molecule has 0 aromatic heterocycles. The molecule has 18 heavy (non-hydrogen) atoms. The van der Waals surface area contributed by atoms with Crippen LogP contribution in [0.15, 0.2) is 22.7 Å². The summed E-state index contributed by atoms with van der Waals surface area (Å²) in [6.45, 7) is 3.72. The first-order valence-electron chi connectivity index (χ1n) is 5.99. The van der Waals surface area contributed by atoms with Crippen LogP contribution in [0.25, 0.3) is 0 Å². The van der Waals surface area contributed by atoms with E-state index in [-0.39, 0.29) is 5.91 Å². The summed E-state index contributed by atoms with van der Waals surface area (Å²) < 4.78 is 1.04. The highest BCUT2D eigenvalue weighted by atomic mass is 79.9. The molecule has 1 amide bonds. The van der Waals surface area contributed by atoms with E-state index >= 15 is 0 Å². The van der Waals surface area contributed by atoms with Crippen molar-refractivity contribution in [3.05, 3.63) is 28.2 Å². The van der Waals surface area contributed by atoms with E-state index in [0.29, 0.717) is 13.1 Å². The van der Waals surface area contributed by atoms with Gasteiger partial charge in [-0.3, -0.25) is 4.79 Å². The van der Waals surface area contributed by atoms with Gasteiger partial charge < -0.3 is 15.5 Å². The van der Waals surface area contributed by atoms with Crippen LogP contribution in [-0.2, 0) is 11.3 Å². The minimum atomic E-state index is 0.0401. The second-order valence-electron chi connectivity index (χ2n) is 4.11. The number of nitrogens with one attached hydrogen (secondary N) is 2. The van der Waals surface area contributed by atoms with E-state index in [2.05, 4.69) is 32.6 Å². The van der Waals surface area contributed by atoms with Crippen LogP contribution in [0.1, 0.15) is 12.5 Å². The summed E-state index contributed by atoms with van der Waals surface area (Å²) in [5, 5.41) is 5.94. The van der Waals surface area contributed by atoms with Crippen molar-refractivity contribution in [3.63, 3.8) is 0 Å². The number of carbonyl (C=O) groups excluding carboxylic acids is 1. The van der Waals surface area contributed by atoms with Gasteiger partial charge in [0.1, 0.15) is 0 Å². The average molecular weight is 314 g/mol. The highest BCUT2D eigenvalue weighted by Crippen LogP contribution is 2.23. The molecule has 0 unspecified atom stereocenters. The number of likely N-dealkylation sites (N-methyl/N-ethyl adjacent to an activating group) is 2. The number of hydrogen-bond acceptors (Lipinski definition) is 3. The van der Waals surface area contributed by atoms with E-state index in [1.165, 1.54) is 5.56 Å². The Hall–Kier alpha value is -1.07. The van der Waals surface area contributed by atoms with E-state index in [4.69, 9.17) is 0 Å². The molecule has 4 nitrogen and oxygen atoms in total. The Morgan fingerprint density at radius 2 is 2.17 bits per heavy atom. The van der Waals surface area contributed by atoms with Crippen LogP contribution in [-0.4, -0.2) is 33.1 Å². The predicted octanol–water partition coefficient (Wildman–Crippen LogP) is 1.74. The first-order valence-corrected chi connectivity index (χ1v) is 6.78. The minimum Gasteiger partial charge on any atom is -0.365 e. The van der Waals surface area contributed by atoms with Crippen LogP contribution in [0.4, 0.5) is 5.69 Å². The summed E-state index contributed by atoms with van der Waals surface area (Å²) in [5.41, 5.74) is 2.23. The second-order valence-corrected chi connectivity index (χ2v) is 5.03. The Morgan fingerprint density at radius 3 is 2.78 bits per heavy atom. The van der Waals surface area contributed by atoms with Crippen LogP contribution in [0.3, 0.4) is 0 Å². The monoisotopic (exact) mass is 313 g/mol. The van der Waals surface area contributed by atoms with E-state index in [9.17, 15) is 4.79 Å². The van der Waals surface area contributed by atoms with E-state index < -0.39 is 0 Å². The molecule has 100 valence electrons. The summed E-state index contributed by atoms with van der Waals surface area (Å²) in [5.74, 6) is 0.0401. The number of rotatable bonds is 6. The van der Waals surface area contributed by atoms with Crippen molar-refractivity contribution in [3.8, 4) is 0 Å². The Morgan fingerprint density at radius 1 is 1.44 bits per heavy atom. The molecule has 0 bridgehead atoms. The van der Waals surface area contributed by atoms with Gasteiger partial charge in [-0.05, 0) is 37.7 Å². The quantitative estimate of drug-likeness (QED) is 0.841. The zero-order chi connectivity index (χ0) is 13.5. The van der Waals surface area contributed by atoms with Gasteiger partial charge in [0, 0.05) is 30.3 Å². The molecule has 0 saturated carbocycles. The maximum atomic E-state index is 11.6. The number of carbonyl (C=O) groups is 1. The van der Waals surface area contributed by atoms with Crippen LogP contribution >= 0.6 is 15.9 Å². The van der Waals surface area contributed by atoms with Gasteiger partial charge in [0.05, 0.1) is 6.54 Å². The fraction of sp³-hybridized carbons (Fsp3) is 0.462. The normalized spacial score (nSPS) is 10.2. The molecule has 0 heterocycles. The highest BCUT2D eigenvalue weighted by Gasteiger charge is 2.10. The molecular weight excluding hydrogens is 294 g/mol. The van der Waals surface area contributed by atoms with Crippen LogP contribution in [0, 0.1) is 0 Å². The van der Waals surface area contributed by atoms with Gasteiger partial charge >= 0.3 is 0 Å². The zero-order valence-corrected chi connectivity index (χ0v) is 12.7. The molecule has 0 aliphatic heterocycles. The third-order valence-corrected chi connectivity index (χ3v) is 3.07. The summed E-state index contributed by atoms with van der Waals surface area (Å²) in [6, 6.07) is 6.08. The van der Waals surface area contributed by atoms with Crippen LogP contribution in [0.2, 0.25) is 0 Å². The number of hydrogen-bond donors (Lipinski definition) is 2. The SMILES string of the molecule is CCNC(=O)CN(C)c1ccc(Br)cc1CNC. The zero-order valence-electron chi connectivity index (χ0n) is 11.1. The van der Waals surface area contributed by atoms with Crippen molar-refractivity contribution in [2.75, 3.05) is 32.1 Å². The van der Waals surface area contributed by atoms with Gasteiger partial charge in [0.2, 0.25) is 5.91 Å². The summed E-state index contributed by atoms with van der Waals surface area (Å²) in [4.78, 5) is 13.5. The summed E-state index contributed by atoms with van der Waals surface area (Å²) in [7, 11) is 3.84. The van der Waals surface area contributed by atoms with Crippen LogP contribution in [0.5, 0.6) is 0 Å². The standard InChI is InChI=1S/C13H20BrN3O/c1-4-16-13(18)9-17(3)12-6-5-11(14)7-10(12)8-15-2/h5-7,15H,4,8-9H2,1-3H3,(H,16,18). The third kappa shape index (κ3) is 4.31. The maximum absolute atomic E-state index is 11.6. The average Bonchev–Trinajstić information content (AvgIpc) is 2.29. The molecule has 0 aliphatic rings. The first-order chi connectivity index (χ1) is 8.58. The summed E-state index contributed by atoms with van der Waals surface area (Å²) in [6.07, 6.45) is 0. The Labute approximate surface area is 117 Å². The molecule has 1 aromatic carbocycles. The molecule has 1 aromatic rings. The van der Waals surface area contributed by atoms with Gasteiger partial charge in [-0.25, -0.2) is 0 Å². The molecule has 1 rings (SSSR count). The predicted molar refractivity (Wildman–Crippen MR) is 78.9 cm³/mol. The van der Waals surface area contributed by atoms with Crippen molar-refractivity contribution in [1.29, 1.82) is 0 Å². The van der Waals surface area contributed by atoms with Gasteiger partial charge in [-0.15, -0.1) is 0 Å². The van der Waals surface area contributed by atoms with E-state index in [1.807, 2.05) is 38.1 Å². The van der Waals surface area contributed by atoms with Crippen molar-refractivity contribution in [2.24, 2.45) is 0 Å². The maximum Gasteiger partial charge on any atom is 0.239 e. The topological polar surface area (TPSA) is 44.4 Å². The molecule has 5 heteroatoms. The number of anilines is 1. The molecular formula is C13H20BrN3O. The van der Waals surface area contributed by atoms with E-state index in [0.717, 1.165) is 16.7 Å². The Balaban J connectivity index is 2.83. The molecule has 0 saturated heterocycles. The Kier molecular flexibility index (Phi) is 6.15. The first kappa shape index (κ1) is 15.0. The number of nitrogens with zero attached hydrogens (tertiary/aromatic N) is 1. The number of benzene rings is 1. The van der Waals surface area contributed by atoms with Gasteiger partial charge in [-0.2, -0.15) is 0 Å². The minimum absolute atomic E-state index is 0.0401. The smallest absolute Gasteiger partial charge is 0.239 e. The highest BCUT2D eigenvalue weighted by molar-refractivity contribution is 9.10. The van der Waals surface area contributed by atoms with Crippen molar-refractivity contribution < 1.29 is 4.79 Å². The molecule has 0 aliphatic carbocycles. The van der Waals surface area contributed by atoms with Gasteiger partial charge in [-0.1, -0.05) is 15.9 Å². The van der Waals surface area contributed by atoms with Gasteiger partial charge in [0.25, 0.3) is 0 Å². The number of halogens is 1. The Bertz CT molecular complexity index is 409. The molecule has 0 spiro atoms. The van der Waals surface area contributed by atoms with Crippen molar-refractivity contribution in [1.82, 2.24) is 10.6 Å². The van der Waals surface area contributed by atoms with Crippen molar-refractivity contribution >= 4 is 27.5 Å². The molecule has 0 fully saturated rings. The molecule has 2 N–H and O–H groups in total. The fourth-order valence-electron chi connectivity index (χ4n) is 1.81. The fourth-order valence-corrected chi connectivity index (χ4v) is 2.22. The largest absolute Gasteiger partial charge is 0.365 e. The lowest BCUT2D eigenvalue weighted by molar-refractivity contribution is -0.119. The number of amides is 1. The van der Waals surface area contributed by atoms with Crippen molar-refractivity contribution in [2.45, 2.75) is 13.5 Å². The second kappa shape index (κ2) is 7.38. The lowest BCUT2D eigenvalue weighted by atomic mass is 10.1. The lowest BCUT2D eigenvalue weighted by Crippen LogP contribution is -2.35. The van der Waals surface area contributed by atoms with Gasteiger partial charge in [0.15, 0.2) is 0 Å². The van der Waals surface area contributed by atoms with E-state index in [1.54, 1.807) is 0 Å². The molecule has 0 atom stereocenters.